The smallest absolute Gasteiger partial charge is 0.399 e. The van der Waals surface area contributed by atoms with Crippen LogP contribution in [0.4, 0.5) is 5.13 Å². The van der Waals surface area contributed by atoms with Crippen LogP contribution in [0.2, 0.25) is 0 Å². The molecule has 1 aliphatic heterocycles. The molecule has 1 saturated heterocycles. The lowest BCUT2D eigenvalue weighted by molar-refractivity contribution is 0.00578. The molecule has 1 aromatic rings. The fourth-order valence-electron chi connectivity index (χ4n) is 2.06. The van der Waals surface area contributed by atoms with Gasteiger partial charge in [-0.25, -0.2) is 4.98 Å². The van der Waals surface area contributed by atoms with Crippen molar-refractivity contribution in [3.8, 4) is 0 Å². The lowest BCUT2D eigenvalue weighted by Gasteiger charge is -2.32. The standard InChI is InChI=1S/C14H25BN2O2S/c1-9(2)10-11(20-12(16-10)17(7)8)15-18-13(3,4)14(5,6)19-15/h9H,1-8H3. The van der Waals surface area contributed by atoms with Gasteiger partial charge in [-0.05, 0) is 33.6 Å². The summed E-state index contributed by atoms with van der Waals surface area (Å²) in [6, 6.07) is 0. The molecule has 0 N–H and O–H groups in total. The monoisotopic (exact) mass is 296 g/mol. The molecule has 0 unspecified atom stereocenters. The van der Waals surface area contributed by atoms with Crippen LogP contribution in [0.25, 0.3) is 0 Å². The van der Waals surface area contributed by atoms with Gasteiger partial charge in [-0.2, -0.15) is 0 Å². The third kappa shape index (κ3) is 2.61. The zero-order valence-electron chi connectivity index (χ0n) is 13.8. The van der Waals surface area contributed by atoms with E-state index in [1.165, 1.54) is 0 Å². The first kappa shape index (κ1) is 15.8. The van der Waals surface area contributed by atoms with Crippen molar-refractivity contribution in [1.82, 2.24) is 4.98 Å². The molecule has 0 aliphatic carbocycles. The van der Waals surface area contributed by atoms with Crippen LogP contribution in [0.1, 0.15) is 53.2 Å². The molecule has 0 radical (unpaired) electrons. The van der Waals surface area contributed by atoms with Gasteiger partial charge in [0.1, 0.15) is 0 Å². The third-order valence-electron chi connectivity index (χ3n) is 4.07. The van der Waals surface area contributed by atoms with Gasteiger partial charge < -0.3 is 14.2 Å². The molecule has 1 aliphatic rings. The zero-order valence-corrected chi connectivity index (χ0v) is 14.6. The predicted molar refractivity (Wildman–Crippen MR) is 86.2 cm³/mol. The summed E-state index contributed by atoms with van der Waals surface area (Å²) in [5, 5.41) is 0.999. The van der Waals surface area contributed by atoms with E-state index in [0.717, 1.165) is 15.6 Å². The molecule has 0 bridgehead atoms. The number of hydrogen-bond donors (Lipinski definition) is 0. The second-order valence-corrected chi connectivity index (χ2v) is 7.89. The van der Waals surface area contributed by atoms with Crippen molar-refractivity contribution in [2.75, 3.05) is 19.0 Å². The van der Waals surface area contributed by atoms with Crippen molar-refractivity contribution in [2.24, 2.45) is 0 Å². The summed E-state index contributed by atoms with van der Waals surface area (Å²) < 4.78 is 13.4. The SMILES string of the molecule is CC(C)c1nc(N(C)C)sc1B1OC(C)(C)C(C)(C)O1. The van der Waals surface area contributed by atoms with E-state index in [9.17, 15) is 0 Å². The van der Waals surface area contributed by atoms with Crippen LogP contribution < -0.4 is 9.68 Å². The van der Waals surface area contributed by atoms with Gasteiger partial charge in [0.25, 0.3) is 0 Å². The number of nitrogens with zero attached hydrogens (tertiary/aromatic N) is 2. The van der Waals surface area contributed by atoms with Crippen molar-refractivity contribution in [2.45, 2.75) is 58.7 Å². The van der Waals surface area contributed by atoms with Crippen molar-refractivity contribution in [3.63, 3.8) is 0 Å². The second-order valence-electron chi connectivity index (χ2n) is 6.88. The number of thiazole rings is 1. The Morgan fingerprint density at radius 2 is 1.60 bits per heavy atom. The van der Waals surface area contributed by atoms with Gasteiger partial charge >= 0.3 is 7.12 Å². The molecule has 20 heavy (non-hydrogen) atoms. The summed E-state index contributed by atoms with van der Waals surface area (Å²) in [7, 11) is 3.71. The van der Waals surface area contributed by atoms with Crippen molar-refractivity contribution in [3.05, 3.63) is 5.69 Å². The summed E-state index contributed by atoms with van der Waals surface area (Å²) in [6.45, 7) is 12.6. The molecule has 112 valence electrons. The Kier molecular flexibility index (Phi) is 3.95. The van der Waals surface area contributed by atoms with Gasteiger partial charge in [-0.3, -0.25) is 0 Å². The molecule has 1 fully saturated rings. The van der Waals surface area contributed by atoms with Gasteiger partial charge in [0.15, 0.2) is 5.13 Å². The average molecular weight is 296 g/mol. The van der Waals surface area contributed by atoms with Crippen LogP contribution >= 0.6 is 11.3 Å². The van der Waals surface area contributed by atoms with Crippen molar-refractivity contribution < 1.29 is 9.31 Å². The molecule has 0 atom stereocenters. The van der Waals surface area contributed by atoms with Crippen LogP contribution in [0.15, 0.2) is 0 Å². The summed E-state index contributed by atoms with van der Waals surface area (Å²) in [5.41, 5.74) is 0.458. The molecule has 0 amide bonds. The highest BCUT2D eigenvalue weighted by molar-refractivity contribution is 7.25. The van der Waals surface area contributed by atoms with Gasteiger partial charge in [0, 0.05) is 14.1 Å². The number of aromatic nitrogens is 1. The minimum absolute atomic E-state index is 0.311. The number of hydrogen-bond acceptors (Lipinski definition) is 5. The first-order valence-electron chi connectivity index (χ1n) is 7.09. The van der Waals surface area contributed by atoms with Gasteiger partial charge in [-0.15, -0.1) is 11.3 Å². The lowest BCUT2D eigenvalue weighted by Crippen LogP contribution is -2.41. The average Bonchev–Trinajstić information content (AvgIpc) is 2.79. The van der Waals surface area contributed by atoms with Crippen molar-refractivity contribution >= 4 is 28.4 Å². The van der Waals surface area contributed by atoms with Gasteiger partial charge in [0.2, 0.25) is 0 Å². The van der Waals surface area contributed by atoms with E-state index in [2.05, 4.69) is 41.5 Å². The normalized spacial score (nSPS) is 20.8. The first-order chi connectivity index (χ1) is 9.05. The highest BCUT2D eigenvalue weighted by Crippen LogP contribution is 2.38. The molecule has 4 nitrogen and oxygen atoms in total. The predicted octanol–water partition coefficient (Wildman–Crippen LogP) is 2.63. The number of anilines is 1. The Morgan fingerprint density at radius 3 is 2.00 bits per heavy atom. The molecular weight excluding hydrogens is 271 g/mol. The molecule has 2 heterocycles. The topological polar surface area (TPSA) is 34.6 Å². The highest BCUT2D eigenvalue weighted by atomic mass is 32.1. The Labute approximate surface area is 126 Å². The quantitative estimate of drug-likeness (QED) is 0.803. The maximum Gasteiger partial charge on any atom is 0.507 e. The highest BCUT2D eigenvalue weighted by Gasteiger charge is 2.53. The fraction of sp³-hybridized carbons (Fsp3) is 0.786. The fourth-order valence-corrected chi connectivity index (χ4v) is 3.16. The molecule has 0 spiro atoms. The van der Waals surface area contributed by atoms with E-state index < -0.39 is 0 Å². The Balaban J connectivity index is 2.39. The maximum absolute atomic E-state index is 6.16. The second kappa shape index (κ2) is 5.00. The van der Waals surface area contributed by atoms with Crippen LogP contribution in [-0.4, -0.2) is 37.4 Å². The summed E-state index contributed by atoms with van der Waals surface area (Å²) in [4.78, 5) is 6.77. The van der Waals surface area contributed by atoms with Crippen molar-refractivity contribution in [1.29, 1.82) is 0 Å². The Morgan fingerprint density at radius 1 is 1.10 bits per heavy atom. The largest absolute Gasteiger partial charge is 0.507 e. The third-order valence-corrected chi connectivity index (χ3v) is 5.33. The summed E-state index contributed by atoms with van der Waals surface area (Å²) in [5.74, 6) is 0.356. The molecule has 6 heteroatoms. The molecule has 1 aromatic heterocycles. The number of rotatable bonds is 3. The minimum Gasteiger partial charge on any atom is -0.399 e. The molecule has 0 saturated carbocycles. The Bertz CT molecular complexity index is 481. The Hall–Kier alpha value is -0.585. The first-order valence-corrected chi connectivity index (χ1v) is 7.90. The lowest BCUT2D eigenvalue weighted by atomic mass is 9.84. The van der Waals surface area contributed by atoms with Gasteiger partial charge in [-0.1, -0.05) is 13.8 Å². The zero-order chi connectivity index (χ0) is 15.3. The summed E-state index contributed by atoms with van der Waals surface area (Å²) in [6.07, 6.45) is 0. The van der Waals surface area contributed by atoms with Crippen LogP contribution in [0.3, 0.4) is 0 Å². The van der Waals surface area contributed by atoms with E-state index in [1.807, 2.05) is 19.0 Å². The van der Waals surface area contributed by atoms with E-state index in [1.54, 1.807) is 11.3 Å². The van der Waals surface area contributed by atoms with Crippen LogP contribution in [0, 0.1) is 0 Å². The molecule has 0 aromatic carbocycles. The molecular formula is C14H25BN2O2S. The van der Waals surface area contributed by atoms with Gasteiger partial charge in [0.05, 0.1) is 21.7 Å². The molecule has 2 rings (SSSR count). The van der Waals surface area contributed by atoms with E-state index in [-0.39, 0.29) is 18.3 Å². The maximum atomic E-state index is 6.16. The van der Waals surface area contributed by atoms with Crippen LogP contribution in [0.5, 0.6) is 0 Å². The van der Waals surface area contributed by atoms with E-state index >= 15 is 0 Å². The minimum atomic E-state index is -0.316. The van der Waals surface area contributed by atoms with Crippen LogP contribution in [-0.2, 0) is 9.31 Å². The van der Waals surface area contributed by atoms with E-state index in [0.29, 0.717) is 5.92 Å². The van der Waals surface area contributed by atoms with E-state index in [4.69, 9.17) is 14.3 Å². The summed E-state index contributed by atoms with van der Waals surface area (Å²) >= 11 is 1.66.